The number of carbonyl (C=O) groups is 1. The molecule has 0 unspecified atom stereocenters. The van der Waals surface area contributed by atoms with Crippen molar-refractivity contribution in [2.45, 2.75) is 0 Å². The summed E-state index contributed by atoms with van der Waals surface area (Å²) in [6, 6.07) is 5.36. The molecule has 0 radical (unpaired) electrons. The summed E-state index contributed by atoms with van der Waals surface area (Å²) in [7, 11) is 0. The smallest absolute Gasteiger partial charge is 0.347 e. The fourth-order valence-electron chi connectivity index (χ4n) is 1.15. The van der Waals surface area contributed by atoms with E-state index < -0.39 is 5.97 Å². The van der Waals surface area contributed by atoms with Crippen LogP contribution in [-0.4, -0.2) is 16.1 Å². The van der Waals surface area contributed by atoms with Gasteiger partial charge in [0.25, 0.3) is 0 Å². The van der Waals surface area contributed by atoms with Crippen molar-refractivity contribution >= 4 is 55.7 Å². The predicted molar refractivity (Wildman–Crippen MR) is 71.5 cm³/mol. The number of benzene rings is 1. The van der Waals surface area contributed by atoms with Crippen molar-refractivity contribution in [2.75, 3.05) is 5.32 Å². The van der Waals surface area contributed by atoms with Gasteiger partial charge in [0.1, 0.15) is 4.88 Å². The Morgan fingerprint density at radius 1 is 1.53 bits per heavy atom. The number of carboxylic acids is 1. The lowest BCUT2D eigenvalue weighted by molar-refractivity contribution is 0.0702. The molecule has 7 heteroatoms. The number of rotatable bonds is 3. The highest BCUT2D eigenvalue weighted by molar-refractivity contribution is 9.10. The van der Waals surface area contributed by atoms with Crippen LogP contribution in [0.5, 0.6) is 0 Å². The van der Waals surface area contributed by atoms with Crippen molar-refractivity contribution in [3.63, 3.8) is 0 Å². The van der Waals surface area contributed by atoms with Gasteiger partial charge < -0.3 is 10.4 Å². The van der Waals surface area contributed by atoms with Crippen molar-refractivity contribution in [1.29, 1.82) is 0 Å². The number of anilines is 2. The minimum absolute atomic E-state index is 0.186. The quantitative estimate of drug-likeness (QED) is 0.891. The van der Waals surface area contributed by atoms with Crippen molar-refractivity contribution in [1.82, 2.24) is 4.98 Å². The van der Waals surface area contributed by atoms with Gasteiger partial charge in [-0.3, -0.25) is 0 Å². The number of aromatic carboxylic acids is 1. The van der Waals surface area contributed by atoms with Gasteiger partial charge in [-0.05, 0) is 28.1 Å². The Balaban J connectivity index is 2.25. The molecule has 2 N–H and O–H groups in total. The van der Waals surface area contributed by atoms with Gasteiger partial charge in [0.05, 0.1) is 21.4 Å². The molecule has 0 aliphatic rings. The summed E-state index contributed by atoms with van der Waals surface area (Å²) >= 11 is 10.3. The second-order valence-corrected chi connectivity index (χ2v) is 5.29. The zero-order valence-corrected chi connectivity index (χ0v) is 11.4. The van der Waals surface area contributed by atoms with E-state index in [1.165, 1.54) is 6.20 Å². The number of nitrogens with zero attached hydrogens (tertiary/aromatic N) is 1. The van der Waals surface area contributed by atoms with E-state index in [-0.39, 0.29) is 4.88 Å². The zero-order chi connectivity index (χ0) is 12.4. The summed E-state index contributed by atoms with van der Waals surface area (Å²) in [5, 5.41) is 12.9. The molecule has 4 nitrogen and oxygen atoms in total. The average molecular weight is 334 g/mol. The Labute approximate surface area is 114 Å². The van der Waals surface area contributed by atoms with Crippen molar-refractivity contribution < 1.29 is 9.90 Å². The highest BCUT2D eigenvalue weighted by atomic mass is 79.9. The maximum atomic E-state index is 10.7. The van der Waals surface area contributed by atoms with E-state index in [9.17, 15) is 4.79 Å². The fraction of sp³-hybridized carbons (Fsp3) is 0. The number of hydrogen-bond acceptors (Lipinski definition) is 4. The van der Waals surface area contributed by atoms with Gasteiger partial charge in [0.2, 0.25) is 0 Å². The van der Waals surface area contributed by atoms with Crippen LogP contribution in [0.25, 0.3) is 0 Å². The Hall–Kier alpha value is -1.11. The third kappa shape index (κ3) is 2.77. The van der Waals surface area contributed by atoms with Crippen LogP contribution in [0.15, 0.2) is 28.9 Å². The van der Waals surface area contributed by atoms with Crippen molar-refractivity contribution in [3.8, 4) is 0 Å². The molecule has 2 aromatic rings. The van der Waals surface area contributed by atoms with Gasteiger partial charge in [0.15, 0.2) is 5.13 Å². The molecule has 0 aliphatic heterocycles. The molecule has 88 valence electrons. The molecule has 0 bridgehead atoms. The molecule has 1 aromatic carbocycles. The summed E-state index contributed by atoms with van der Waals surface area (Å²) in [6.07, 6.45) is 1.31. The maximum Gasteiger partial charge on any atom is 0.347 e. The number of halogens is 2. The van der Waals surface area contributed by atoms with Crippen LogP contribution in [0.1, 0.15) is 9.67 Å². The topological polar surface area (TPSA) is 62.2 Å². The number of hydrogen-bond donors (Lipinski definition) is 2. The van der Waals surface area contributed by atoms with Gasteiger partial charge in [0, 0.05) is 0 Å². The van der Waals surface area contributed by atoms with Gasteiger partial charge in [-0.1, -0.05) is 29.0 Å². The van der Waals surface area contributed by atoms with Gasteiger partial charge in [-0.15, -0.1) is 0 Å². The summed E-state index contributed by atoms with van der Waals surface area (Å²) in [4.78, 5) is 14.9. The molecule has 1 aromatic heterocycles. The maximum absolute atomic E-state index is 10.7. The van der Waals surface area contributed by atoms with Crippen molar-refractivity contribution in [2.24, 2.45) is 0 Å². The third-order valence-electron chi connectivity index (χ3n) is 1.91. The van der Waals surface area contributed by atoms with Crippen LogP contribution < -0.4 is 5.32 Å². The lowest BCUT2D eigenvalue weighted by Gasteiger charge is -2.05. The second kappa shape index (κ2) is 5.03. The number of nitrogens with one attached hydrogen (secondary N) is 1. The van der Waals surface area contributed by atoms with E-state index in [1.807, 2.05) is 6.07 Å². The van der Waals surface area contributed by atoms with Crippen molar-refractivity contribution in [3.05, 3.63) is 38.8 Å². The van der Waals surface area contributed by atoms with E-state index in [2.05, 4.69) is 26.2 Å². The SMILES string of the molecule is O=C(O)c1cnc(Nc2cccc(Cl)c2Br)s1. The van der Waals surface area contributed by atoms with Gasteiger partial charge >= 0.3 is 5.97 Å². The third-order valence-corrected chi connectivity index (χ3v) is 4.21. The van der Waals surface area contributed by atoms with E-state index in [1.54, 1.807) is 12.1 Å². The Kier molecular flexibility index (Phi) is 3.66. The van der Waals surface area contributed by atoms with Crippen LogP contribution in [-0.2, 0) is 0 Å². The average Bonchev–Trinajstić information content (AvgIpc) is 2.73. The summed E-state index contributed by atoms with van der Waals surface area (Å²) in [5.41, 5.74) is 0.740. The minimum atomic E-state index is -0.985. The molecule has 0 fully saturated rings. The Morgan fingerprint density at radius 2 is 2.29 bits per heavy atom. The highest BCUT2D eigenvalue weighted by Gasteiger charge is 2.10. The predicted octanol–water partition coefficient (Wildman–Crippen LogP) is 4.00. The molecule has 17 heavy (non-hydrogen) atoms. The molecule has 0 amide bonds. The van der Waals surface area contributed by atoms with Crippen LogP contribution in [0.4, 0.5) is 10.8 Å². The first-order valence-electron chi connectivity index (χ1n) is 4.48. The highest BCUT2D eigenvalue weighted by Crippen LogP contribution is 2.33. The summed E-state index contributed by atoms with van der Waals surface area (Å²) in [5.74, 6) is -0.985. The normalized spacial score (nSPS) is 10.2. The lowest BCUT2D eigenvalue weighted by atomic mass is 10.3. The molecular formula is C10H6BrClN2O2S. The standard InChI is InChI=1S/C10H6BrClN2O2S/c11-8-5(12)2-1-3-6(8)14-10-13-4-7(17-10)9(15)16/h1-4H,(H,13,14)(H,15,16). The first-order valence-corrected chi connectivity index (χ1v) is 6.47. The number of carboxylic acid groups (broad SMARTS) is 1. The molecule has 0 aliphatic carbocycles. The van der Waals surface area contributed by atoms with Crippen LogP contribution >= 0.6 is 38.9 Å². The van der Waals surface area contributed by atoms with E-state index >= 15 is 0 Å². The summed E-state index contributed by atoms with van der Waals surface area (Å²) < 4.78 is 0.716. The zero-order valence-electron chi connectivity index (χ0n) is 8.28. The van der Waals surface area contributed by atoms with E-state index in [0.717, 1.165) is 17.0 Å². The minimum Gasteiger partial charge on any atom is -0.477 e. The molecule has 0 saturated heterocycles. The van der Waals surface area contributed by atoms with Gasteiger partial charge in [-0.25, -0.2) is 9.78 Å². The monoisotopic (exact) mass is 332 g/mol. The molecule has 1 heterocycles. The van der Waals surface area contributed by atoms with E-state index in [0.29, 0.717) is 14.6 Å². The first kappa shape index (κ1) is 12.3. The fourth-order valence-corrected chi connectivity index (χ4v) is 2.35. The second-order valence-electron chi connectivity index (χ2n) is 3.06. The lowest BCUT2D eigenvalue weighted by Crippen LogP contribution is -1.90. The largest absolute Gasteiger partial charge is 0.477 e. The van der Waals surface area contributed by atoms with E-state index in [4.69, 9.17) is 16.7 Å². The molecule has 0 atom stereocenters. The Bertz CT molecular complexity index is 573. The first-order chi connectivity index (χ1) is 8.08. The summed E-state index contributed by atoms with van der Waals surface area (Å²) in [6.45, 7) is 0. The van der Waals surface area contributed by atoms with Gasteiger partial charge in [-0.2, -0.15) is 0 Å². The van der Waals surface area contributed by atoms with Crippen LogP contribution in [0.3, 0.4) is 0 Å². The Morgan fingerprint density at radius 3 is 2.94 bits per heavy atom. The molecule has 0 spiro atoms. The number of thiazole rings is 1. The molecule has 0 saturated carbocycles. The molecule has 2 rings (SSSR count). The van der Waals surface area contributed by atoms with Crippen LogP contribution in [0.2, 0.25) is 5.02 Å². The number of aromatic nitrogens is 1. The van der Waals surface area contributed by atoms with Crippen LogP contribution in [0, 0.1) is 0 Å². The molecular weight excluding hydrogens is 328 g/mol.